The Kier molecular flexibility index (Phi) is 6.44. The van der Waals surface area contributed by atoms with E-state index in [-0.39, 0.29) is 5.78 Å². The molecule has 2 aliphatic heterocycles. The van der Waals surface area contributed by atoms with Gasteiger partial charge in [-0.25, -0.2) is 0 Å². The largest absolute Gasteiger partial charge is 0.378 e. The Balaban J connectivity index is 2.14. The second kappa shape index (κ2) is 8.33. The van der Waals surface area contributed by atoms with E-state index in [2.05, 4.69) is 9.80 Å². The molecule has 0 saturated carbocycles. The van der Waals surface area contributed by atoms with E-state index in [1.807, 2.05) is 0 Å². The van der Waals surface area contributed by atoms with Crippen molar-refractivity contribution in [2.24, 2.45) is 0 Å². The Hall–Kier alpha value is -1.15. The van der Waals surface area contributed by atoms with Crippen molar-refractivity contribution in [3.8, 4) is 0 Å². The Labute approximate surface area is 125 Å². The van der Waals surface area contributed by atoms with E-state index in [1.165, 1.54) is 14.2 Å². The van der Waals surface area contributed by atoms with Gasteiger partial charge in [0.1, 0.15) is 5.82 Å². The van der Waals surface area contributed by atoms with Crippen LogP contribution in [0.2, 0.25) is 0 Å². The van der Waals surface area contributed by atoms with E-state index in [9.17, 15) is 4.79 Å². The Bertz CT molecular complexity index is 338. The van der Waals surface area contributed by atoms with Crippen LogP contribution in [0.25, 0.3) is 0 Å². The highest BCUT2D eigenvalue weighted by Gasteiger charge is 2.24. The van der Waals surface area contributed by atoms with Crippen molar-refractivity contribution in [3.05, 3.63) is 11.9 Å². The average Bonchev–Trinajstić information content (AvgIpc) is 2.55. The molecule has 7 heteroatoms. The number of carbonyl (C=O) groups excluding carboxylic acids is 1. The lowest BCUT2D eigenvalue weighted by atomic mass is 10.2. The number of nitrogens with zero attached hydrogens (tertiary/aromatic N) is 2. The zero-order valence-electron chi connectivity index (χ0n) is 12.7. The summed E-state index contributed by atoms with van der Waals surface area (Å²) in [5, 5.41) is 0. The van der Waals surface area contributed by atoms with Gasteiger partial charge in [0.05, 0.1) is 26.4 Å². The van der Waals surface area contributed by atoms with Gasteiger partial charge in [0.25, 0.3) is 0 Å². The molecule has 2 fully saturated rings. The smallest absolute Gasteiger partial charge is 0.221 e. The van der Waals surface area contributed by atoms with E-state index < -0.39 is 6.29 Å². The van der Waals surface area contributed by atoms with Crippen LogP contribution in [0.15, 0.2) is 11.9 Å². The summed E-state index contributed by atoms with van der Waals surface area (Å²) in [7, 11) is 2.92. The molecule has 0 amide bonds. The normalized spacial score (nSPS) is 19.8. The minimum Gasteiger partial charge on any atom is -0.378 e. The first-order chi connectivity index (χ1) is 10.3. The van der Waals surface area contributed by atoms with Gasteiger partial charge in [-0.05, 0) is 0 Å². The van der Waals surface area contributed by atoms with Gasteiger partial charge in [-0.2, -0.15) is 0 Å². The molecule has 120 valence electrons. The van der Waals surface area contributed by atoms with Crippen LogP contribution in [0.1, 0.15) is 0 Å². The third-order valence-electron chi connectivity index (χ3n) is 3.60. The summed E-state index contributed by atoms with van der Waals surface area (Å²) in [6.45, 7) is 5.81. The number of carbonyl (C=O) groups is 1. The van der Waals surface area contributed by atoms with Gasteiger partial charge in [-0.3, -0.25) is 4.79 Å². The third-order valence-corrected chi connectivity index (χ3v) is 3.60. The van der Waals surface area contributed by atoms with Crippen molar-refractivity contribution >= 4 is 5.78 Å². The second-order valence-electron chi connectivity index (χ2n) is 4.91. The van der Waals surface area contributed by atoms with Gasteiger partial charge in [-0.1, -0.05) is 0 Å². The molecule has 0 aliphatic carbocycles. The fourth-order valence-electron chi connectivity index (χ4n) is 2.49. The van der Waals surface area contributed by atoms with Crippen LogP contribution >= 0.6 is 0 Å². The molecule has 0 aromatic heterocycles. The van der Waals surface area contributed by atoms with Gasteiger partial charge in [0, 0.05) is 46.5 Å². The number of ketones is 1. The number of rotatable bonds is 6. The molecule has 7 nitrogen and oxygen atoms in total. The zero-order chi connectivity index (χ0) is 15.1. The van der Waals surface area contributed by atoms with Gasteiger partial charge in [0.2, 0.25) is 12.1 Å². The Morgan fingerprint density at radius 2 is 1.38 bits per heavy atom. The number of hydrogen-bond donors (Lipinski definition) is 0. The first-order valence-corrected chi connectivity index (χ1v) is 7.22. The molecule has 0 unspecified atom stereocenters. The predicted molar refractivity (Wildman–Crippen MR) is 75.7 cm³/mol. The lowest BCUT2D eigenvalue weighted by Crippen LogP contribution is -2.46. The minimum atomic E-state index is -0.859. The van der Waals surface area contributed by atoms with Crippen LogP contribution in [0.3, 0.4) is 0 Å². The van der Waals surface area contributed by atoms with Gasteiger partial charge in [0.15, 0.2) is 0 Å². The Morgan fingerprint density at radius 1 is 0.952 bits per heavy atom. The highest BCUT2D eigenvalue weighted by atomic mass is 16.7. The quantitative estimate of drug-likeness (QED) is 0.492. The first kappa shape index (κ1) is 16.2. The molecule has 2 saturated heterocycles. The number of morpholine rings is 2. The van der Waals surface area contributed by atoms with Crippen molar-refractivity contribution in [3.63, 3.8) is 0 Å². The molecule has 0 N–H and O–H groups in total. The number of methoxy groups -OCH3 is 2. The molecule has 2 rings (SSSR count). The van der Waals surface area contributed by atoms with Crippen LogP contribution < -0.4 is 0 Å². The van der Waals surface area contributed by atoms with Crippen LogP contribution in [0.5, 0.6) is 0 Å². The lowest BCUT2D eigenvalue weighted by molar-refractivity contribution is -0.151. The van der Waals surface area contributed by atoms with Crippen LogP contribution in [-0.4, -0.2) is 88.7 Å². The molecule has 21 heavy (non-hydrogen) atoms. The van der Waals surface area contributed by atoms with Crippen molar-refractivity contribution < 1.29 is 23.7 Å². The maximum atomic E-state index is 12.3. The van der Waals surface area contributed by atoms with Crippen molar-refractivity contribution in [2.45, 2.75) is 6.29 Å². The number of ether oxygens (including phenoxy) is 4. The molecule has 0 spiro atoms. The predicted octanol–water partition coefficient (Wildman–Crippen LogP) is -0.320. The fraction of sp³-hybridized carbons (Fsp3) is 0.786. The van der Waals surface area contributed by atoms with E-state index in [0.717, 1.165) is 32.0 Å². The summed E-state index contributed by atoms with van der Waals surface area (Å²) >= 11 is 0. The second-order valence-corrected chi connectivity index (χ2v) is 4.91. The zero-order valence-corrected chi connectivity index (χ0v) is 12.7. The van der Waals surface area contributed by atoms with Crippen LogP contribution in [0.4, 0.5) is 0 Å². The fourth-order valence-corrected chi connectivity index (χ4v) is 2.49. The third kappa shape index (κ3) is 4.41. The SMILES string of the molecule is COC(OC)C(=O)C=C(N1CCOCC1)N1CCOCC1. The summed E-state index contributed by atoms with van der Waals surface area (Å²) in [5.74, 6) is 0.721. The summed E-state index contributed by atoms with van der Waals surface area (Å²) in [4.78, 5) is 16.6. The van der Waals surface area contributed by atoms with E-state index >= 15 is 0 Å². The van der Waals surface area contributed by atoms with E-state index in [0.29, 0.717) is 26.4 Å². The van der Waals surface area contributed by atoms with Gasteiger partial charge < -0.3 is 28.7 Å². The molecular formula is C14H24N2O5. The summed E-state index contributed by atoms with van der Waals surface area (Å²) in [6, 6.07) is 0. The lowest BCUT2D eigenvalue weighted by Gasteiger charge is -2.39. The minimum absolute atomic E-state index is 0.187. The highest BCUT2D eigenvalue weighted by molar-refractivity contribution is 5.93. The molecule has 0 radical (unpaired) electrons. The van der Waals surface area contributed by atoms with Gasteiger partial charge in [-0.15, -0.1) is 0 Å². The molecule has 0 bridgehead atoms. The maximum absolute atomic E-state index is 12.3. The van der Waals surface area contributed by atoms with E-state index in [4.69, 9.17) is 18.9 Å². The topological polar surface area (TPSA) is 60.5 Å². The van der Waals surface area contributed by atoms with Crippen LogP contribution in [0, 0.1) is 0 Å². The van der Waals surface area contributed by atoms with Gasteiger partial charge >= 0.3 is 0 Å². The standard InChI is InChI=1S/C14H24N2O5/c1-18-14(19-2)12(17)11-13(15-3-7-20-8-4-15)16-5-9-21-10-6-16/h11,14H,3-10H2,1-2H3. The van der Waals surface area contributed by atoms with Crippen molar-refractivity contribution in [1.29, 1.82) is 0 Å². The molecule has 0 aromatic carbocycles. The van der Waals surface area contributed by atoms with Crippen molar-refractivity contribution in [2.75, 3.05) is 66.8 Å². The molecular weight excluding hydrogens is 276 g/mol. The summed E-state index contributed by atoms with van der Waals surface area (Å²) in [6.07, 6.45) is 0.760. The molecule has 2 aliphatic rings. The maximum Gasteiger partial charge on any atom is 0.221 e. The summed E-state index contributed by atoms with van der Waals surface area (Å²) in [5.41, 5.74) is 0. The highest BCUT2D eigenvalue weighted by Crippen LogP contribution is 2.16. The number of hydrogen-bond acceptors (Lipinski definition) is 7. The molecule has 0 aromatic rings. The molecule has 2 heterocycles. The molecule has 0 atom stereocenters. The summed E-state index contributed by atoms with van der Waals surface area (Å²) < 4.78 is 20.8. The van der Waals surface area contributed by atoms with E-state index in [1.54, 1.807) is 6.08 Å². The van der Waals surface area contributed by atoms with Crippen LogP contribution in [-0.2, 0) is 23.7 Å². The Morgan fingerprint density at radius 3 is 1.76 bits per heavy atom. The monoisotopic (exact) mass is 300 g/mol. The first-order valence-electron chi connectivity index (χ1n) is 7.22. The van der Waals surface area contributed by atoms with Crippen molar-refractivity contribution in [1.82, 2.24) is 9.80 Å². The average molecular weight is 300 g/mol.